The second-order valence-corrected chi connectivity index (χ2v) is 9.43. The molecule has 1 N–H and O–H groups in total. The molecule has 2 amide bonds. The average molecular weight is 472 g/mol. The topological polar surface area (TPSA) is 61.9 Å². The molecule has 3 rings (SSSR count). The molecule has 0 saturated heterocycles. The largest absolute Gasteiger partial charge is 0.383 e. The van der Waals surface area contributed by atoms with Crippen molar-refractivity contribution in [2.45, 2.75) is 45.1 Å². The summed E-state index contributed by atoms with van der Waals surface area (Å²) in [6.07, 6.45) is 3.30. The summed E-state index contributed by atoms with van der Waals surface area (Å²) in [7, 11) is 1.63. The lowest BCUT2D eigenvalue weighted by Crippen LogP contribution is -2.48. The number of fused-ring (bicyclic) bond motifs is 1. The molecule has 1 aromatic heterocycles. The van der Waals surface area contributed by atoms with Crippen molar-refractivity contribution in [2.75, 3.05) is 46.4 Å². The minimum absolute atomic E-state index is 0.0210. The Kier molecular flexibility index (Phi) is 9.91. The van der Waals surface area contributed by atoms with E-state index >= 15 is 0 Å². The fourth-order valence-corrected chi connectivity index (χ4v) is 5.39. The van der Waals surface area contributed by atoms with Gasteiger partial charge in [0.15, 0.2) is 0 Å². The van der Waals surface area contributed by atoms with Crippen molar-refractivity contribution in [1.82, 2.24) is 15.1 Å². The number of unbranched alkanes of at least 4 members (excludes halogenated alkanes) is 1. The van der Waals surface area contributed by atoms with Gasteiger partial charge in [-0.05, 0) is 55.6 Å². The summed E-state index contributed by atoms with van der Waals surface area (Å²) < 4.78 is 5.29. The fourth-order valence-electron chi connectivity index (χ4n) is 4.52. The molecule has 0 spiro atoms. The SMILES string of the molecule is CCCCN(CC)CCCNC(=O)[C@@H]1c2ccccc2C(=O)N(CCOC)[C@@H]1c1cccs1. The molecule has 0 saturated carbocycles. The van der Waals surface area contributed by atoms with E-state index in [1.54, 1.807) is 18.4 Å². The molecule has 0 fully saturated rings. The second-order valence-electron chi connectivity index (χ2n) is 8.45. The van der Waals surface area contributed by atoms with Crippen molar-refractivity contribution in [2.24, 2.45) is 0 Å². The third-order valence-electron chi connectivity index (χ3n) is 6.32. The molecule has 6 nitrogen and oxygen atoms in total. The van der Waals surface area contributed by atoms with Gasteiger partial charge in [0.2, 0.25) is 5.91 Å². The summed E-state index contributed by atoms with van der Waals surface area (Å²) >= 11 is 1.59. The molecule has 0 radical (unpaired) electrons. The van der Waals surface area contributed by atoms with Crippen LogP contribution in [0.25, 0.3) is 0 Å². The zero-order valence-corrected chi connectivity index (χ0v) is 20.9. The molecule has 33 heavy (non-hydrogen) atoms. The highest BCUT2D eigenvalue weighted by Gasteiger charge is 2.44. The number of carbonyl (C=O) groups excluding carboxylic acids is 2. The number of amides is 2. The van der Waals surface area contributed by atoms with E-state index in [1.165, 1.54) is 12.8 Å². The van der Waals surface area contributed by atoms with E-state index in [2.05, 4.69) is 24.1 Å². The number of methoxy groups -OCH3 is 1. The molecule has 1 aliphatic rings. The lowest BCUT2D eigenvalue weighted by molar-refractivity contribution is -0.124. The Morgan fingerprint density at radius 1 is 1.15 bits per heavy atom. The molecule has 2 atom stereocenters. The van der Waals surface area contributed by atoms with Gasteiger partial charge in [0.1, 0.15) is 0 Å². The van der Waals surface area contributed by atoms with Crippen LogP contribution in [-0.2, 0) is 9.53 Å². The van der Waals surface area contributed by atoms with Gasteiger partial charge in [-0.15, -0.1) is 11.3 Å². The van der Waals surface area contributed by atoms with Gasteiger partial charge in [0, 0.05) is 30.6 Å². The molecule has 7 heteroatoms. The van der Waals surface area contributed by atoms with E-state index in [1.807, 2.05) is 46.7 Å². The van der Waals surface area contributed by atoms with E-state index in [0.717, 1.165) is 36.5 Å². The smallest absolute Gasteiger partial charge is 0.254 e. The van der Waals surface area contributed by atoms with Gasteiger partial charge < -0.3 is 19.9 Å². The fraction of sp³-hybridized carbons (Fsp3) is 0.538. The van der Waals surface area contributed by atoms with Crippen molar-refractivity contribution in [3.63, 3.8) is 0 Å². The van der Waals surface area contributed by atoms with E-state index in [0.29, 0.717) is 25.3 Å². The predicted octanol–water partition coefficient (Wildman–Crippen LogP) is 4.30. The van der Waals surface area contributed by atoms with Crippen molar-refractivity contribution in [3.8, 4) is 0 Å². The summed E-state index contributed by atoms with van der Waals surface area (Å²) in [5, 5.41) is 5.18. The van der Waals surface area contributed by atoms with Crippen molar-refractivity contribution >= 4 is 23.2 Å². The molecule has 180 valence electrons. The van der Waals surface area contributed by atoms with Gasteiger partial charge >= 0.3 is 0 Å². The van der Waals surface area contributed by atoms with Gasteiger partial charge in [-0.1, -0.05) is 44.5 Å². The Morgan fingerprint density at radius 2 is 1.94 bits per heavy atom. The highest BCUT2D eigenvalue weighted by atomic mass is 32.1. The van der Waals surface area contributed by atoms with Gasteiger partial charge in [-0.25, -0.2) is 0 Å². The van der Waals surface area contributed by atoms with Gasteiger partial charge in [-0.3, -0.25) is 9.59 Å². The zero-order valence-electron chi connectivity index (χ0n) is 20.1. The minimum atomic E-state index is -0.447. The third-order valence-corrected chi connectivity index (χ3v) is 7.26. The second kappa shape index (κ2) is 12.9. The van der Waals surface area contributed by atoms with Crippen LogP contribution in [0.3, 0.4) is 0 Å². The Balaban J connectivity index is 1.80. The number of ether oxygens (including phenoxy) is 1. The van der Waals surface area contributed by atoms with Crippen LogP contribution in [-0.4, -0.2) is 68.1 Å². The van der Waals surface area contributed by atoms with Gasteiger partial charge in [0.05, 0.1) is 18.6 Å². The maximum atomic E-state index is 13.6. The van der Waals surface area contributed by atoms with Crippen LogP contribution >= 0.6 is 11.3 Å². The van der Waals surface area contributed by atoms with Crippen LogP contribution in [0.1, 0.15) is 65.9 Å². The predicted molar refractivity (Wildman–Crippen MR) is 134 cm³/mol. The molecule has 1 aromatic carbocycles. The maximum Gasteiger partial charge on any atom is 0.254 e. The highest BCUT2D eigenvalue weighted by molar-refractivity contribution is 7.10. The van der Waals surface area contributed by atoms with E-state index in [9.17, 15) is 9.59 Å². The first-order valence-electron chi connectivity index (χ1n) is 12.0. The van der Waals surface area contributed by atoms with Crippen molar-refractivity contribution in [1.29, 1.82) is 0 Å². The molecular formula is C26H37N3O3S. The summed E-state index contributed by atoms with van der Waals surface area (Å²) in [4.78, 5) is 32.2. The van der Waals surface area contributed by atoms with E-state index < -0.39 is 5.92 Å². The minimum Gasteiger partial charge on any atom is -0.383 e. The number of benzene rings is 1. The number of hydrogen-bond acceptors (Lipinski definition) is 5. The first-order chi connectivity index (χ1) is 16.1. The summed E-state index contributed by atoms with van der Waals surface area (Å²) in [6.45, 7) is 9.00. The maximum absolute atomic E-state index is 13.6. The van der Waals surface area contributed by atoms with Crippen molar-refractivity contribution in [3.05, 3.63) is 57.8 Å². The van der Waals surface area contributed by atoms with Crippen LogP contribution in [0, 0.1) is 0 Å². The van der Waals surface area contributed by atoms with Crippen LogP contribution in [0.15, 0.2) is 41.8 Å². The first kappa shape index (κ1) is 25.4. The molecule has 1 aliphatic heterocycles. The molecule has 0 bridgehead atoms. The number of hydrogen-bond donors (Lipinski definition) is 1. The Morgan fingerprint density at radius 3 is 2.64 bits per heavy atom. The Bertz CT molecular complexity index is 887. The number of carbonyl (C=O) groups is 2. The number of nitrogens with zero attached hydrogens (tertiary/aromatic N) is 2. The first-order valence-corrected chi connectivity index (χ1v) is 12.9. The zero-order chi connectivity index (χ0) is 23.6. The van der Waals surface area contributed by atoms with Gasteiger partial charge in [0.25, 0.3) is 5.91 Å². The molecule has 2 heterocycles. The summed E-state index contributed by atoms with van der Waals surface area (Å²) in [5.41, 5.74) is 1.42. The lowest BCUT2D eigenvalue weighted by Gasteiger charge is -2.41. The highest BCUT2D eigenvalue weighted by Crippen LogP contribution is 2.44. The summed E-state index contributed by atoms with van der Waals surface area (Å²) in [5.74, 6) is -0.510. The van der Waals surface area contributed by atoms with Crippen molar-refractivity contribution < 1.29 is 14.3 Å². The lowest BCUT2D eigenvalue weighted by atomic mass is 9.81. The Labute approximate surface area is 201 Å². The molecule has 0 aliphatic carbocycles. The van der Waals surface area contributed by atoms with Crippen LogP contribution in [0.2, 0.25) is 0 Å². The average Bonchev–Trinajstić information content (AvgIpc) is 3.37. The third kappa shape index (κ3) is 6.22. The number of thiophene rings is 1. The normalized spacial score (nSPS) is 17.9. The molecule has 2 aromatic rings. The standard InChI is InChI=1S/C26H37N3O3S/c1-4-6-15-28(5-2)16-10-14-27-25(30)23-20-11-7-8-12-21(20)26(31)29(17-18-32-3)24(23)22-13-9-19-33-22/h7-9,11-13,19,23-24H,4-6,10,14-18H2,1-3H3,(H,27,30)/t23-,24-/m1/s1. The van der Waals surface area contributed by atoms with E-state index in [4.69, 9.17) is 4.74 Å². The van der Waals surface area contributed by atoms with Crippen LogP contribution in [0.4, 0.5) is 0 Å². The number of nitrogens with one attached hydrogen (secondary N) is 1. The van der Waals surface area contributed by atoms with E-state index in [-0.39, 0.29) is 17.9 Å². The number of rotatable bonds is 13. The molecule has 0 unspecified atom stereocenters. The monoisotopic (exact) mass is 471 g/mol. The summed E-state index contributed by atoms with van der Waals surface area (Å²) in [6, 6.07) is 11.2. The van der Waals surface area contributed by atoms with Crippen LogP contribution < -0.4 is 5.32 Å². The Hall–Kier alpha value is -2.22. The molecular weight excluding hydrogens is 434 g/mol. The quantitative estimate of drug-likeness (QED) is 0.443. The van der Waals surface area contributed by atoms with Crippen LogP contribution in [0.5, 0.6) is 0 Å². The van der Waals surface area contributed by atoms with Gasteiger partial charge in [-0.2, -0.15) is 0 Å².